The number of rotatable bonds is 4. The second kappa shape index (κ2) is 6.59. The summed E-state index contributed by atoms with van der Waals surface area (Å²) in [5, 5.41) is 0. The first kappa shape index (κ1) is 10.9. The summed E-state index contributed by atoms with van der Waals surface area (Å²) >= 11 is 0. The van der Waals surface area contributed by atoms with E-state index in [4.69, 9.17) is 0 Å². The maximum Gasteiger partial charge on any atom is 0.119 e. The van der Waals surface area contributed by atoms with Crippen molar-refractivity contribution in [3.05, 3.63) is 48.4 Å². The average Bonchev–Trinajstić information content (AvgIpc) is 1.98. The van der Waals surface area contributed by atoms with E-state index in [1.54, 1.807) is 12.2 Å². The van der Waals surface area contributed by atoms with Gasteiger partial charge in [-0.25, -0.2) is 4.39 Å². The Kier molecular flexibility index (Phi) is 5.98. The molecule has 0 rings (SSSR count). The third kappa shape index (κ3) is 7.00. The van der Waals surface area contributed by atoms with Gasteiger partial charge < -0.3 is 0 Å². The lowest BCUT2D eigenvalue weighted by molar-refractivity contribution is 0.661. The van der Waals surface area contributed by atoms with E-state index in [0.717, 1.165) is 12.0 Å². The minimum Gasteiger partial charge on any atom is -0.207 e. The predicted molar refractivity (Wildman–Crippen MR) is 52.6 cm³/mol. The number of hydrogen-bond donors (Lipinski definition) is 0. The quantitative estimate of drug-likeness (QED) is 0.555. The zero-order valence-electron chi connectivity index (χ0n) is 7.68. The van der Waals surface area contributed by atoms with E-state index in [0.29, 0.717) is 0 Å². The van der Waals surface area contributed by atoms with Crippen LogP contribution in [0.3, 0.4) is 0 Å². The van der Waals surface area contributed by atoms with Crippen molar-refractivity contribution < 1.29 is 4.39 Å². The molecule has 0 nitrogen and oxygen atoms in total. The SMILES string of the molecule is C=C(C)C=CC=CC(F)=CCC. The minimum atomic E-state index is -0.191. The smallest absolute Gasteiger partial charge is 0.119 e. The zero-order valence-corrected chi connectivity index (χ0v) is 7.68. The summed E-state index contributed by atoms with van der Waals surface area (Å²) in [4.78, 5) is 0. The molecular weight excluding hydrogens is 151 g/mol. The van der Waals surface area contributed by atoms with Gasteiger partial charge in [0.2, 0.25) is 0 Å². The highest BCUT2D eigenvalue weighted by molar-refractivity contribution is 5.21. The normalized spacial score (nSPS) is 13.1. The van der Waals surface area contributed by atoms with E-state index in [2.05, 4.69) is 6.58 Å². The van der Waals surface area contributed by atoms with E-state index >= 15 is 0 Å². The van der Waals surface area contributed by atoms with Crippen molar-refractivity contribution in [2.75, 3.05) is 0 Å². The molecule has 0 radical (unpaired) electrons. The van der Waals surface area contributed by atoms with Gasteiger partial charge in [-0.3, -0.25) is 0 Å². The largest absolute Gasteiger partial charge is 0.207 e. The molecule has 0 aromatic heterocycles. The van der Waals surface area contributed by atoms with Crippen molar-refractivity contribution in [2.24, 2.45) is 0 Å². The number of allylic oxidation sites excluding steroid dienone is 7. The van der Waals surface area contributed by atoms with Crippen molar-refractivity contribution in [3.63, 3.8) is 0 Å². The van der Waals surface area contributed by atoms with Gasteiger partial charge in [0, 0.05) is 0 Å². The fraction of sp³-hybridized carbons (Fsp3) is 0.273. The van der Waals surface area contributed by atoms with Crippen LogP contribution in [0.1, 0.15) is 20.3 Å². The summed E-state index contributed by atoms with van der Waals surface area (Å²) in [6, 6.07) is 0. The molecule has 0 aromatic rings. The molecular formula is C11H15F. The highest BCUT2D eigenvalue weighted by Crippen LogP contribution is 2.00. The van der Waals surface area contributed by atoms with E-state index in [1.165, 1.54) is 12.2 Å². The molecule has 0 bridgehead atoms. The summed E-state index contributed by atoms with van der Waals surface area (Å²) in [5.41, 5.74) is 0.958. The van der Waals surface area contributed by atoms with E-state index in [1.807, 2.05) is 19.9 Å². The van der Waals surface area contributed by atoms with Gasteiger partial charge in [0.15, 0.2) is 0 Å². The van der Waals surface area contributed by atoms with Gasteiger partial charge in [-0.1, -0.05) is 37.3 Å². The minimum absolute atomic E-state index is 0.191. The second-order valence-electron chi connectivity index (χ2n) is 2.56. The van der Waals surface area contributed by atoms with Gasteiger partial charge in [-0.15, -0.1) is 0 Å². The topological polar surface area (TPSA) is 0 Å². The standard InChI is InChI=1S/C11H15F/c1-4-7-11(12)9-6-5-8-10(2)3/h5-9H,2,4H2,1,3H3. The molecule has 66 valence electrons. The first-order chi connectivity index (χ1) is 5.66. The number of hydrogen-bond acceptors (Lipinski definition) is 0. The molecule has 0 saturated carbocycles. The average molecular weight is 166 g/mol. The molecule has 0 heterocycles. The third-order valence-electron chi connectivity index (χ3n) is 1.15. The van der Waals surface area contributed by atoms with Crippen LogP contribution in [-0.4, -0.2) is 0 Å². The first-order valence-electron chi connectivity index (χ1n) is 4.02. The van der Waals surface area contributed by atoms with E-state index in [9.17, 15) is 4.39 Å². The lowest BCUT2D eigenvalue weighted by Gasteiger charge is -1.83. The van der Waals surface area contributed by atoms with Crippen LogP contribution < -0.4 is 0 Å². The van der Waals surface area contributed by atoms with Crippen LogP contribution in [0, 0.1) is 0 Å². The molecule has 1 heteroatoms. The Balaban J connectivity index is 3.91. The molecule has 0 aliphatic heterocycles. The fourth-order valence-electron chi connectivity index (χ4n) is 0.630. The van der Waals surface area contributed by atoms with Crippen molar-refractivity contribution >= 4 is 0 Å². The van der Waals surface area contributed by atoms with Gasteiger partial charge in [0.05, 0.1) is 0 Å². The summed E-state index contributed by atoms with van der Waals surface area (Å²) in [6.45, 7) is 7.47. The lowest BCUT2D eigenvalue weighted by Crippen LogP contribution is -1.64. The maximum atomic E-state index is 12.6. The molecule has 0 saturated heterocycles. The summed E-state index contributed by atoms with van der Waals surface area (Å²) in [5.74, 6) is -0.191. The van der Waals surface area contributed by atoms with Crippen LogP contribution in [0.2, 0.25) is 0 Å². The van der Waals surface area contributed by atoms with Crippen LogP contribution in [-0.2, 0) is 0 Å². The molecule has 0 aromatic carbocycles. The van der Waals surface area contributed by atoms with Crippen LogP contribution in [0.15, 0.2) is 48.4 Å². The zero-order chi connectivity index (χ0) is 9.40. The first-order valence-corrected chi connectivity index (χ1v) is 4.02. The lowest BCUT2D eigenvalue weighted by atomic mass is 10.3. The van der Waals surface area contributed by atoms with Crippen LogP contribution >= 0.6 is 0 Å². The molecule has 0 amide bonds. The van der Waals surface area contributed by atoms with E-state index in [-0.39, 0.29) is 5.83 Å². The third-order valence-corrected chi connectivity index (χ3v) is 1.15. The van der Waals surface area contributed by atoms with E-state index < -0.39 is 0 Å². The molecule has 0 aliphatic rings. The molecule has 0 fully saturated rings. The monoisotopic (exact) mass is 166 g/mol. The fourth-order valence-corrected chi connectivity index (χ4v) is 0.630. The molecule has 0 unspecified atom stereocenters. The van der Waals surface area contributed by atoms with Crippen molar-refractivity contribution in [3.8, 4) is 0 Å². The highest BCUT2D eigenvalue weighted by atomic mass is 19.1. The van der Waals surface area contributed by atoms with Crippen LogP contribution in [0.25, 0.3) is 0 Å². The van der Waals surface area contributed by atoms with Crippen molar-refractivity contribution in [1.82, 2.24) is 0 Å². The Morgan fingerprint density at radius 2 is 1.92 bits per heavy atom. The second-order valence-corrected chi connectivity index (χ2v) is 2.56. The van der Waals surface area contributed by atoms with Gasteiger partial charge in [-0.2, -0.15) is 0 Å². The number of halogens is 1. The van der Waals surface area contributed by atoms with Gasteiger partial charge in [0.1, 0.15) is 5.83 Å². The Labute approximate surface area is 73.8 Å². The van der Waals surface area contributed by atoms with Crippen molar-refractivity contribution in [2.45, 2.75) is 20.3 Å². The van der Waals surface area contributed by atoms with Crippen molar-refractivity contribution in [1.29, 1.82) is 0 Å². The Morgan fingerprint density at radius 1 is 1.33 bits per heavy atom. The van der Waals surface area contributed by atoms with Crippen LogP contribution in [0.4, 0.5) is 4.39 Å². The summed E-state index contributed by atoms with van der Waals surface area (Å²) < 4.78 is 12.6. The van der Waals surface area contributed by atoms with Gasteiger partial charge in [0.25, 0.3) is 0 Å². The summed E-state index contributed by atoms with van der Waals surface area (Å²) in [7, 11) is 0. The molecule has 12 heavy (non-hydrogen) atoms. The Morgan fingerprint density at radius 3 is 2.42 bits per heavy atom. The molecule has 0 atom stereocenters. The maximum absolute atomic E-state index is 12.6. The van der Waals surface area contributed by atoms with Gasteiger partial charge >= 0.3 is 0 Å². The van der Waals surface area contributed by atoms with Gasteiger partial charge in [-0.05, 0) is 25.5 Å². The van der Waals surface area contributed by atoms with Crippen LogP contribution in [0.5, 0.6) is 0 Å². The predicted octanol–water partition coefficient (Wildman–Crippen LogP) is 3.94. The Bertz CT molecular complexity index is 219. The highest BCUT2D eigenvalue weighted by Gasteiger charge is 1.81. The summed E-state index contributed by atoms with van der Waals surface area (Å²) in [6.07, 6.45) is 8.95. The molecule has 0 aliphatic carbocycles. The Hall–Kier alpha value is -1.11. The molecule has 0 N–H and O–H groups in total. The molecule has 0 spiro atoms.